The Labute approximate surface area is 121 Å². The molecule has 0 heterocycles. The number of hydrogen-bond donors (Lipinski definition) is 1. The highest BCUT2D eigenvalue weighted by Crippen LogP contribution is 2.21. The lowest BCUT2D eigenvalue weighted by molar-refractivity contribution is -0.138. The van der Waals surface area contributed by atoms with Crippen LogP contribution in [0.3, 0.4) is 0 Å². The third kappa shape index (κ3) is 4.06. The molecule has 1 aromatic rings. The zero-order chi connectivity index (χ0) is 14.6. The molecule has 1 amide bonds. The molecule has 0 fully saturated rings. The highest BCUT2D eigenvalue weighted by Gasteiger charge is 2.23. The summed E-state index contributed by atoms with van der Waals surface area (Å²) in [5.41, 5.74) is 1.56. The molecule has 1 aromatic carbocycles. The normalized spacial score (nSPS) is 12.0. The summed E-state index contributed by atoms with van der Waals surface area (Å²) in [6, 6.07) is 5.22. The molecule has 0 radical (unpaired) electrons. The largest absolute Gasteiger partial charge is 0.481 e. The number of benzene rings is 1. The minimum atomic E-state index is -0.901. The fraction of sp³-hybridized carbons (Fsp3) is 0.429. The van der Waals surface area contributed by atoms with Crippen molar-refractivity contribution >= 4 is 27.8 Å². The van der Waals surface area contributed by atoms with Crippen LogP contribution in [-0.4, -0.2) is 34.5 Å². The van der Waals surface area contributed by atoms with Crippen molar-refractivity contribution < 1.29 is 14.7 Å². The third-order valence-electron chi connectivity index (χ3n) is 2.96. The summed E-state index contributed by atoms with van der Waals surface area (Å²) in [5.74, 6) is -1.05. The molecule has 0 bridgehead atoms. The van der Waals surface area contributed by atoms with Gasteiger partial charge in [0.05, 0.1) is 12.0 Å². The molecule has 0 aliphatic rings. The quantitative estimate of drug-likeness (QED) is 0.904. The van der Waals surface area contributed by atoms with Crippen molar-refractivity contribution in [1.29, 1.82) is 0 Å². The van der Waals surface area contributed by atoms with Crippen molar-refractivity contribution in [2.45, 2.75) is 33.2 Å². The fourth-order valence-corrected chi connectivity index (χ4v) is 2.39. The topological polar surface area (TPSA) is 57.6 Å². The van der Waals surface area contributed by atoms with Crippen molar-refractivity contribution in [3.8, 4) is 0 Å². The number of halogens is 1. The van der Waals surface area contributed by atoms with Gasteiger partial charge in [-0.05, 0) is 48.8 Å². The molecule has 0 aromatic heterocycles. The Kier molecular flexibility index (Phi) is 5.54. The number of aliphatic carboxylic acids is 1. The van der Waals surface area contributed by atoms with Gasteiger partial charge in [0.2, 0.25) is 0 Å². The first-order chi connectivity index (χ1) is 8.86. The fourth-order valence-electron chi connectivity index (χ4n) is 1.98. The van der Waals surface area contributed by atoms with Crippen LogP contribution in [0.4, 0.5) is 0 Å². The minimum absolute atomic E-state index is 0.0526. The van der Waals surface area contributed by atoms with E-state index < -0.39 is 5.97 Å². The Morgan fingerprint density at radius 2 is 2.05 bits per heavy atom. The molecule has 5 heteroatoms. The molecule has 1 rings (SSSR count). The molecule has 0 aliphatic heterocycles. The molecule has 4 nitrogen and oxygen atoms in total. The zero-order valence-electron chi connectivity index (χ0n) is 11.3. The van der Waals surface area contributed by atoms with Crippen LogP contribution >= 0.6 is 15.9 Å². The van der Waals surface area contributed by atoms with E-state index in [4.69, 9.17) is 5.11 Å². The van der Waals surface area contributed by atoms with Crippen molar-refractivity contribution in [3.63, 3.8) is 0 Å². The van der Waals surface area contributed by atoms with E-state index in [2.05, 4.69) is 15.9 Å². The van der Waals surface area contributed by atoms with Crippen LogP contribution in [-0.2, 0) is 4.79 Å². The van der Waals surface area contributed by atoms with Gasteiger partial charge in [-0.15, -0.1) is 0 Å². The number of aryl methyl sites for hydroxylation is 1. The molecule has 0 aliphatic carbocycles. The van der Waals surface area contributed by atoms with E-state index in [1.165, 1.54) is 0 Å². The van der Waals surface area contributed by atoms with Gasteiger partial charge in [0, 0.05) is 17.1 Å². The maximum atomic E-state index is 12.5. The van der Waals surface area contributed by atoms with Gasteiger partial charge >= 0.3 is 5.97 Å². The highest BCUT2D eigenvalue weighted by molar-refractivity contribution is 9.10. The number of carbonyl (C=O) groups excluding carboxylic acids is 1. The summed E-state index contributed by atoms with van der Waals surface area (Å²) >= 11 is 3.36. The second kappa shape index (κ2) is 6.70. The van der Waals surface area contributed by atoms with Gasteiger partial charge in [-0.1, -0.05) is 11.6 Å². The van der Waals surface area contributed by atoms with Crippen molar-refractivity contribution in [2.24, 2.45) is 0 Å². The van der Waals surface area contributed by atoms with Crippen LogP contribution in [0.1, 0.15) is 36.2 Å². The van der Waals surface area contributed by atoms with Crippen LogP contribution < -0.4 is 0 Å². The van der Waals surface area contributed by atoms with E-state index in [1.54, 1.807) is 11.8 Å². The lowest BCUT2D eigenvalue weighted by Crippen LogP contribution is -2.39. The number of carboxylic acid groups (broad SMARTS) is 1. The van der Waals surface area contributed by atoms with Crippen molar-refractivity contribution in [2.75, 3.05) is 6.54 Å². The smallest absolute Gasteiger partial charge is 0.305 e. The van der Waals surface area contributed by atoms with Gasteiger partial charge < -0.3 is 10.0 Å². The van der Waals surface area contributed by atoms with Gasteiger partial charge in [-0.2, -0.15) is 0 Å². The van der Waals surface area contributed by atoms with Gasteiger partial charge in [0.1, 0.15) is 0 Å². The first kappa shape index (κ1) is 15.7. The second-order valence-electron chi connectivity index (χ2n) is 4.52. The van der Waals surface area contributed by atoms with E-state index in [-0.39, 0.29) is 18.4 Å². The highest BCUT2D eigenvalue weighted by atomic mass is 79.9. The first-order valence-corrected chi connectivity index (χ1v) is 6.95. The van der Waals surface area contributed by atoms with Gasteiger partial charge in [-0.3, -0.25) is 9.59 Å². The van der Waals surface area contributed by atoms with Gasteiger partial charge in [-0.25, -0.2) is 0 Å². The van der Waals surface area contributed by atoms with Crippen LogP contribution in [0.15, 0.2) is 22.7 Å². The summed E-state index contributed by atoms with van der Waals surface area (Å²) in [6.45, 7) is 5.99. The molecular formula is C14H18BrNO3. The Bertz CT molecular complexity index is 488. The van der Waals surface area contributed by atoms with E-state index in [9.17, 15) is 9.59 Å². The van der Waals surface area contributed by atoms with Gasteiger partial charge in [0.25, 0.3) is 5.91 Å². The maximum Gasteiger partial charge on any atom is 0.305 e. The molecule has 0 saturated heterocycles. The van der Waals surface area contributed by atoms with Crippen LogP contribution in [0, 0.1) is 6.92 Å². The number of carboxylic acids is 1. The summed E-state index contributed by atoms with van der Waals surface area (Å²) in [4.78, 5) is 24.8. The van der Waals surface area contributed by atoms with Crippen LogP contribution in [0.5, 0.6) is 0 Å². The molecule has 1 atom stereocenters. The Morgan fingerprint density at radius 1 is 1.42 bits per heavy atom. The van der Waals surface area contributed by atoms with Crippen molar-refractivity contribution in [1.82, 2.24) is 4.90 Å². The number of rotatable bonds is 5. The lowest BCUT2D eigenvalue weighted by atomic mass is 10.1. The summed E-state index contributed by atoms with van der Waals surface area (Å²) in [6.07, 6.45) is -0.0526. The Balaban J connectivity index is 3.01. The summed E-state index contributed by atoms with van der Waals surface area (Å²) in [7, 11) is 0. The monoisotopic (exact) mass is 327 g/mol. The molecule has 0 spiro atoms. The van der Waals surface area contributed by atoms with E-state index in [0.717, 1.165) is 10.0 Å². The number of nitrogens with zero attached hydrogens (tertiary/aromatic N) is 1. The summed E-state index contributed by atoms with van der Waals surface area (Å²) in [5, 5.41) is 8.83. The van der Waals surface area contributed by atoms with E-state index in [1.807, 2.05) is 32.0 Å². The standard InChI is InChI=1S/C14H18BrNO3/c1-4-16(10(3)8-13(17)18)14(19)11-7-9(2)5-6-12(11)15/h5-7,10H,4,8H2,1-3H3,(H,17,18). The molecule has 1 unspecified atom stereocenters. The molecule has 104 valence electrons. The molecule has 1 N–H and O–H groups in total. The van der Waals surface area contributed by atoms with E-state index in [0.29, 0.717) is 12.1 Å². The number of hydrogen-bond acceptors (Lipinski definition) is 2. The average molecular weight is 328 g/mol. The first-order valence-electron chi connectivity index (χ1n) is 6.15. The Hall–Kier alpha value is -1.36. The van der Waals surface area contributed by atoms with Gasteiger partial charge in [0.15, 0.2) is 0 Å². The predicted molar refractivity (Wildman–Crippen MR) is 77.3 cm³/mol. The van der Waals surface area contributed by atoms with Crippen LogP contribution in [0.25, 0.3) is 0 Å². The number of carbonyl (C=O) groups is 2. The van der Waals surface area contributed by atoms with E-state index >= 15 is 0 Å². The van der Waals surface area contributed by atoms with Crippen LogP contribution in [0.2, 0.25) is 0 Å². The predicted octanol–water partition coefficient (Wildman–Crippen LogP) is 3.08. The zero-order valence-corrected chi connectivity index (χ0v) is 12.9. The SMILES string of the molecule is CCN(C(=O)c1cc(C)ccc1Br)C(C)CC(=O)O. The molecule has 0 saturated carbocycles. The Morgan fingerprint density at radius 3 is 2.58 bits per heavy atom. The molecule has 19 heavy (non-hydrogen) atoms. The van der Waals surface area contributed by atoms with Crippen molar-refractivity contribution in [3.05, 3.63) is 33.8 Å². The minimum Gasteiger partial charge on any atom is -0.481 e. The lowest BCUT2D eigenvalue weighted by Gasteiger charge is -2.27. The number of amides is 1. The second-order valence-corrected chi connectivity index (χ2v) is 5.38. The maximum absolute atomic E-state index is 12.5. The third-order valence-corrected chi connectivity index (χ3v) is 3.65. The average Bonchev–Trinajstić information content (AvgIpc) is 2.32. The molecular weight excluding hydrogens is 310 g/mol. The summed E-state index contributed by atoms with van der Waals surface area (Å²) < 4.78 is 0.726.